The van der Waals surface area contributed by atoms with Gasteiger partial charge in [-0.2, -0.15) is 13.2 Å². The van der Waals surface area contributed by atoms with E-state index in [0.29, 0.717) is 0 Å². The van der Waals surface area contributed by atoms with Crippen LogP contribution in [-0.4, -0.2) is 17.1 Å². The van der Waals surface area contributed by atoms with Crippen LogP contribution in [0.4, 0.5) is 18.9 Å². The Bertz CT molecular complexity index is 641. The number of nitrogens with one attached hydrogen (secondary N) is 1. The standard InChI is InChI=1S/C16H14F3NO2/c17-16(18,19)12-7-4-8-13(10-12)20-14(15(21)22)9-11-5-2-1-3-6-11/h1-8,10,14,20H,9H2,(H,21,22). The fourth-order valence-corrected chi connectivity index (χ4v) is 2.04. The predicted molar refractivity (Wildman–Crippen MR) is 76.6 cm³/mol. The van der Waals surface area contributed by atoms with Crippen LogP contribution in [0.3, 0.4) is 0 Å². The molecule has 0 bridgehead atoms. The zero-order chi connectivity index (χ0) is 16.2. The van der Waals surface area contributed by atoms with Gasteiger partial charge in [0.05, 0.1) is 5.56 Å². The van der Waals surface area contributed by atoms with Crippen LogP contribution in [0.25, 0.3) is 0 Å². The highest BCUT2D eigenvalue weighted by molar-refractivity contribution is 5.77. The molecule has 1 atom stereocenters. The highest BCUT2D eigenvalue weighted by Gasteiger charge is 2.30. The predicted octanol–water partition coefficient (Wildman–Crippen LogP) is 3.81. The quantitative estimate of drug-likeness (QED) is 0.883. The average Bonchev–Trinajstić information content (AvgIpc) is 2.47. The molecular formula is C16H14F3NO2. The third-order valence-electron chi connectivity index (χ3n) is 3.11. The van der Waals surface area contributed by atoms with Crippen LogP contribution < -0.4 is 5.32 Å². The Hall–Kier alpha value is -2.50. The average molecular weight is 309 g/mol. The molecule has 0 fully saturated rings. The second-order valence-corrected chi connectivity index (χ2v) is 4.80. The van der Waals surface area contributed by atoms with E-state index in [2.05, 4.69) is 5.32 Å². The summed E-state index contributed by atoms with van der Waals surface area (Å²) in [5.74, 6) is -1.12. The van der Waals surface area contributed by atoms with Crippen LogP contribution in [0.5, 0.6) is 0 Å². The van der Waals surface area contributed by atoms with Crippen molar-refractivity contribution >= 4 is 11.7 Å². The van der Waals surface area contributed by atoms with Crippen molar-refractivity contribution < 1.29 is 23.1 Å². The van der Waals surface area contributed by atoms with Crippen molar-refractivity contribution in [3.8, 4) is 0 Å². The topological polar surface area (TPSA) is 49.3 Å². The summed E-state index contributed by atoms with van der Waals surface area (Å²) >= 11 is 0. The number of benzene rings is 2. The first-order valence-electron chi connectivity index (χ1n) is 6.57. The Labute approximate surface area is 125 Å². The monoisotopic (exact) mass is 309 g/mol. The van der Waals surface area contributed by atoms with Crippen LogP contribution in [0.2, 0.25) is 0 Å². The minimum Gasteiger partial charge on any atom is -0.480 e. The van der Waals surface area contributed by atoms with E-state index >= 15 is 0 Å². The fraction of sp³-hybridized carbons (Fsp3) is 0.188. The number of halogens is 3. The molecule has 6 heteroatoms. The molecule has 0 saturated heterocycles. The molecule has 22 heavy (non-hydrogen) atoms. The zero-order valence-corrected chi connectivity index (χ0v) is 11.5. The van der Waals surface area contributed by atoms with Gasteiger partial charge >= 0.3 is 12.1 Å². The van der Waals surface area contributed by atoms with Crippen LogP contribution in [0.1, 0.15) is 11.1 Å². The number of carbonyl (C=O) groups is 1. The lowest BCUT2D eigenvalue weighted by molar-refractivity contribution is -0.138. The second-order valence-electron chi connectivity index (χ2n) is 4.80. The van der Waals surface area contributed by atoms with Crippen LogP contribution in [0, 0.1) is 0 Å². The number of carboxylic acid groups (broad SMARTS) is 1. The molecule has 2 aromatic rings. The Balaban J connectivity index is 2.16. The molecule has 0 aliphatic rings. The summed E-state index contributed by atoms with van der Waals surface area (Å²) < 4.78 is 38.0. The Morgan fingerprint density at radius 1 is 1.09 bits per heavy atom. The van der Waals surface area contributed by atoms with E-state index in [0.717, 1.165) is 17.7 Å². The van der Waals surface area contributed by atoms with Crippen molar-refractivity contribution in [3.63, 3.8) is 0 Å². The molecule has 3 nitrogen and oxygen atoms in total. The van der Waals surface area contributed by atoms with Gasteiger partial charge in [0.1, 0.15) is 6.04 Å². The molecule has 0 aliphatic heterocycles. The lowest BCUT2D eigenvalue weighted by atomic mass is 10.1. The summed E-state index contributed by atoms with van der Waals surface area (Å²) in [5, 5.41) is 11.9. The smallest absolute Gasteiger partial charge is 0.416 e. The maximum absolute atomic E-state index is 12.7. The van der Waals surface area contributed by atoms with Gasteiger partial charge in [-0.15, -0.1) is 0 Å². The van der Waals surface area contributed by atoms with Gasteiger partial charge in [-0.25, -0.2) is 4.79 Å². The van der Waals surface area contributed by atoms with E-state index < -0.39 is 23.8 Å². The van der Waals surface area contributed by atoms with Crippen LogP contribution in [-0.2, 0) is 17.4 Å². The normalized spacial score (nSPS) is 12.7. The van der Waals surface area contributed by atoms with Crippen LogP contribution >= 0.6 is 0 Å². The van der Waals surface area contributed by atoms with Crippen molar-refractivity contribution in [3.05, 3.63) is 65.7 Å². The molecule has 0 spiro atoms. The van der Waals surface area contributed by atoms with Gasteiger partial charge in [-0.3, -0.25) is 0 Å². The molecule has 1 unspecified atom stereocenters. The molecule has 0 amide bonds. The Morgan fingerprint density at radius 3 is 2.36 bits per heavy atom. The summed E-state index contributed by atoms with van der Waals surface area (Å²) in [6.45, 7) is 0. The minimum absolute atomic E-state index is 0.123. The molecular weight excluding hydrogens is 295 g/mol. The van der Waals surface area contributed by atoms with E-state index in [1.807, 2.05) is 0 Å². The second kappa shape index (κ2) is 6.51. The highest BCUT2D eigenvalue weighted by atomic mass is 19.4. The van der Waals surface area contributed by atoms with Gasteiger partial charge in [0.15, 0.2) is 0 Å². The van der Waals surface area contributed by atoms with Gasteiger partial charge in [0.2, 0.25) is 0 Å². The maximum atomic E-state index is 12.7. The molecule has 0 aromatic heterocycles. The van der Waals surface area contributed by atoms with E-state index in [1.165, 1.54) is 12.1 Å². The van der Waals surface area contributed by atoms with Crippen molar-refractivity contribution in [2.45, 2.75) is 18.6 Å². The highest BCUT2D eigenvalue weighted by Crippen LogP contribution is 2.30. The third-order valence-corrected chi connectivity index (χ3v) is 3.11. The summed E-state index contributed by atoms with van der Waals surface area (Å²) in [6, 6.07) is 12.4. The number of carboxylic acids is 1. The molecule has 2 N–H and O–H groups in total. The van der Waals surface area contributed by atoms with E-state index in [-0.39, 0.29) is 12.1 Å². The summed E-state index contributed by atoms with van der Waals surface area (Å²) in [4.78, 5) is 11.3. The summed E-state index contributed by atoms with van der Waals surface area (Å²) in [5.41, 5.74) is 0.0916. The third kappa shape index (κ3) is 4.25. The van der Waals surface area contributed by atoms with E-state index in [9.17, 15) is 23.1 Å². The van der Waals surface area contributed by atoms with Crippen LogP contribution in [0.15, 0.2) is 54.6 Å². The fourth-order valence-electron chi connectivity index (χ4n) is 2.04. The lowest BCUT2D eigenvalue weighted by Gasteiger charge is -2.17. The maximum Gasteiger partial charge on any atom is 0.416 e. The van der Waals surface area contributed by atoms with Crippen molar-refractivity contribution in [1.29, 1.82) is 0 Å². The first kappa shape index (κ1) is 15.9. The number of aliphatic carboxylic acids is 1. The van der Waals surface area contributed by atoms with Gasteiger partial charge < -0.3 is 10.4 Å². The molecule has 116 valence electrons. The number of rotatable bonds is 5. The van der Waals surface area contributed by atoms with E-state index in [1.54, 1.807) is 30.3 Å². The van der Waals surface area contributed by atoms with Gasteiger partial charge in [0, 0.05) is 12.1 Å². The van der Waals surface area contributed by atoms with Gasteiger partial charge in [0.25, 0.3) is 0 Å². The number of alkyl halides is 3. The molecule has 2 aromatic carbocycles. The lowest BCUT2D eigenvalue weighted by Crippen LogP contribution is -2.31. The molecule has 0 aliphatic carbocycles. The number of hydrogen-bond donors (Lipinski definition) is 2. The SMILES string of the molecule is O=C(O)C(Cc1ccccc1)Nc1cccc(C(F)(F)F)c1. The number of hydrogen-bond acceptors (Lipinski definition) is 2. The molecule has 2 rings (SSSR count). The van der Waals surface area contributed by atoms with E-state index in [4.69, 9.17) is 0 Å². The zero-order valence-electron chi connectivity index (χ0n) is 11.5. The van der Waals surface area contributed by atoms with Gasteiger partial charge in [-0.1, -0.05) is 36.4 Å². The Morgan fingerprint density at radius 2 is 1.77 bits per heavy atom. The van der Waals surface area contributed by atoms with Crippen molar-refractivity contribution in [2.75, 3.05) is 5.32 Å². The number of anilines is 1. The Kier molecular flexibility index (Phi) is 4.70. The summed E-state index contributed by atoms with van der Waals surface area (Å²) in [7, 11) is 0. The molecule has 0 heterocycles. The molecule has 0 saturated carbocycles. The first-order chi connectivity index (χ1) is 10.4. The van der Waals surface area contributed by atoms with Crippen molar-refractivity contribution in [1.82, 2.24) is 0 Å². The van der Waals surface area contributed by atoms with Gasteiger partial charge in [-0.05, 0) is 23.8 Å². The first-order valence-corrected chi connectivity index (χ1v) is 6.57. The summed E-state index contributed by atoms with van der Waals surface area (Å²) in [6.07, 6.45) is -4.29. The van der Waals surface area contributed by atoms with Crippen molar-refractivity contribution in [2.24, 2.45) is 0 Å². The molecule has 0 radical (unpaired) electrons. The largest absolute Gasteiger partial charge is 0.480 e. The minimum atomic E-state index is -4.46.